The lowest BCUT2D eigenvalue weighted by Crippen LogP contribution is -2.39. The first-order valence-corrected chi connectivity index (χ1v) is 8.11. The number of halogens is 1. The van der Waals surface area contributed by atoms with E-state index in [2.05, 4.69) is 0 Å². The lowest BCUT2D eigenvalue weighted by Gasteiger charge is -2.36. The van der Waals surface area contributed by atoms with Crippen molar-refractivity contribution >= 4 is 17.5 Å². The zero-order chi connectivity index (χ0) is 15.3. The van der Waals surface area contributed by atoms with Crippen molar-refractivity contribution < 1.29 is 4.79 Å². The van der Waals surface area contributed by atoms with Crippen molar-refractivity contribution in [2.75, 3.05) is 13.6 Å². The number of rotatable bonds is 5. The van der Waals surface area contributed by atoms with E-state index in [0.29, 0.717) is 19.5 Å². The SMILES string of the molecule is CN(Cc1ccc(Cl)cc1)C(=O)CC1(CN)CCCCC1. The number of hydrogen-bond donors (Lipinski definition) is 1. The van der Waals surface area contributed by atoms with Crippen molar-refractivity contribution in [2.24, 2.45) is 11.1 Å². The van der Waals surface area contributed by atoms with Gasteiger partial charge in [0.25, 0.3) is 0 Å². The number of nitrogens with two attached hydrogens (primary N) is 1. The fourth-order valence-electron chi connectivity index (χ4n) is 3.16. The molecule has 116 valence electrons. The summed E-state index contributed by atoms with van der Waals surface area (Å²) < 4.78 is 0. The Hall–Kier alpha value is -1.06. The van der Waals surface area contributed by atoms with Gasteiger partial charge in [0, 0.05) is 25.0 Å². The molecule has 0 atom stereocenters. The molecule has 1 aliphatic carbocycles. The van der Waals surface area contributed by atoms with Crippen molar-refractivity contribution in [3.63, 3.8) is 0 Å². The summed E-state index contributed by atoms with van der Waals surface area (Å²) in [5, 5.41) is 0.719. The van der Waals surface area contributed by atoms with Gasteiger partial charge in [0.2, 0.25) is 5.91 Å². The molecule has 21 heavy (non-hydrogen) atoms. The van der Waals surface area contributed by atoms with E-state index < -0.39 is 0 Å². The predicted molar refractivity (Wildman–Crippen MR) is 87.1 cm³/mol. The van der Waals surface area contributed by atoms with E-state index in [4.69, 9.17) is 17.3 Å². The predicted octanol–water partition coefficient (Wildman–Crippen LogP) is 3.60. The van der Waals surface area contributed by atoms with E-state index in [-0.39, 0.29) is 11.3 Å². The van der Waals surface area contributed by atoms with Gasteiger partial charge < -0.3 is 10.6 Å². The van der Waals surface area contributed by atoms with Crippen molar-refractivity contribution in [3.05, 3.63) is 34.9 Å². The van der Waals surface area contributed by atoms with Crippen LogP contribution in [0.15, 0.2) is 24.3 Å². The van der Waals surface area contributed by atoms with Gasteiger partial charge in [0.15, 0.2) is 0 Å². The Kier molecular flexibility index (Phi) is 5.65. The van der Waals surface area contributed by atoms with Crippen LogP contribution in [0, 0.1) is 5.41 Å². The van der Waals surface area contributed by atoms with Crippen LogP contribution in [-0.4, -0.2) is 24.4 Å². The number of carbonyl (C=O) groups is 1. The molecule has 2 rings (SSSR count). The van der Waals surface area contributed by atoms with E-state index in [1.54, 1.807) is 4.90 Å². The molecule has 3 nitrogen and oxygen atoms in total. The summed E-state index contributed by atoms with van der Waals surface area (Å²) in [4.78, 5) is 14.3. The molecular formula is C17H25ClN2O. The zero-order valence-corrected chi connectivity index (χ0v) is 13.5. The van der Waals surface area contributed by atoms with Crippen LogP contribution in [0.2, 0.25) is 5.02 Å². The molecule has 0 spiro atoms. The summed E-state index contributed by atoms with van der Waals surface area (Å²) in [6.07, 6.45) is 6.43. The van der Waals surface area contributed by atoms with Crippen LogP contribution in [0.5, 0.6) is 0 Å². The molecule has 0 aromatic heterocycles. The topological polar surface area (TPSA) is 46.3 Å². The quantitative estimate of drug-likeness (QED) is 0.903. The van der Waals surface area contributed by atoms with Gasteiger partial charge in [0.1, 0.15) is 0 Å². The molecule has 0 aliphatic heterocycles. The van der Waals surface area contributed by atoms with Crippen molar-refractivity contribution in [1.82, 2.24) is 4.90 Å². The van der Waals surface area contributed by atoms with E-state index in [1.165, 1.54) is 19.3 Å². The first-order valence-electron chi connectivity index (χ1n) is 7.73. The number of carbonyl (C=O) groups excluding carboxylic acids is 1. The highest BCUT2D eigenvalue weighted by Crippen LogP contribution is 2.38. The highest BCUT2D eigenvalue weighted by atomic mass is 35.5. The maximum atomic E-state index is 12.5. The summed E-state index contributed by atoms with van der Waals surface area (Å²) in [7, 11) is 1.87. The third-order valence-corrected chi connectivity index (χ3v) is 4.88. The van der Waals surface area contributed by atoms with Crippen LogP contribution in [0.4, 0.5) is 0 Å². The molecule has 1 aliphatic rings. The maximum Gasteiger partial charge on any atom is 0.223 e. The van der Waals surface area contributed by atoms with E-state index in [0.717, 1.165) is 23.4 Å². The van der Waals surface area contributed by atoms with Gasteiger partial charge >= 0.3 is 0 Å². The van der Waals surface area contributed by atoms with Crippen LogP contribution in [0.1, 0.15) is 44.1 Å². The standard InChI is InChI=1S/C17H25ClN2O/c1-20(12-14-5-7-15(18)8-6-14)16(21)11-17(13-19)9-3-2-4-10-17/h5-8H,2-4,9-13,19H2,1H3. The van der Waals surface area contributed by atoms with Crippen molar-refractivity contribution in [2.45, 2.75) is 45.1 Å². The van der Waals surface area contributed by atoms with Crippen LogP contribution in [-0.2, 0) is 11.3 Å². The number of hydrogen-bond acceptors (Lipinski definition) is 2. The minimum Gasteiger partial charge on any atom is -0.341 e. The smallest absolute Gasteiger partial charge is 0.223 e. The molecule has 1 saturated carbocycles. The second-order valence-electron chi connectivity index (χ2n) is 6.32. The highest BCUT2D eigenvalue weighted by Gasteiger charge is 2.33. The van der Waals surface area contributed by atoms with Crippen molar-refractivity contribution in [1.29, 1.82) is 0 Å². The monoisotopic (exact) mass is 308 g/mol. The minimum absolute atomic E-state index is 0.0313. The average Bonchev–Trinajstić information content (AvgIpc) is 2.50. The molecule has 0 saturated heterocycles. The summed E-state index contributed by atoms with van der Waals surface area (Å²) in [6.45, 7) is 1.24. The van der Waals surface area contributed by atoms with Gasteiger partial charge in [-0.3, -0.25) is 4.79 Å². The molecule has 1 aromatic rings. The molecule has 1 fully saturated rings. The Morgan fingerprint density at radius 3 is 2.43 bits per heavy atom. The van der Waals surface area contributed by atoms with Crippen molar-refractivity contribution in [3.8, 4) is 0 Å². The molecule has 1 aromatic carbocycles. The Morgan fingerprint density at radius 2 is 1.86 bits per heavy atom. The molecule has 0 radical (unpaired) electrons. The third-order valence-electron chi connectivity index (χ3n) is 4.63. The second-order valence-corrected chi connectivity index (χ2v) is 6.75. The second kappa shape index (κ2) is 7.28. The van der Waals surface area contributed by atoms with Crippen LogP contribution < -0.4 is 5.73 Å². The normalized spacial score (nSPS) is 17.5. The lowest BCUT2D eigenvalue weighted by molar-refractivity contribution is -0.133. The largest absolute Gasteiger partial charge is 0.341 e. The third kappa shape index (κ3) is 4.45. The van der Waals surface area contributed by atoms with Crippen LogP contribution in [0.25, 0.3) is 0 Å². The van der Waals surface area contributed by atoms with E-state index >= 15 is 0 Å². The molecule has 1 amide bonds. The Balaban J connectivity index is 1.93. The summed E-state index contributed by atoms with van der Waals surface area (Å²) in [5.41, 5.74) is 7.10. The number of nitrogens with zero attached hydrogens (tertiary/aromatic N) is 1. The van der Waals surface area contributed by atoms with Crippen LogP contribution >= 0.6 is 11.6 Å². The number of amides is 1. The fourth-order valence-corrected chi connectivity index (χ4v) is 3.29. The van der Waals surface area contributed by atoms with Gasteiger partial charge in [0.05, 0.1) is 0 Å². The van der Waals surface area contributed by atoms with Gasteiger partial charge in [-0.15, -0.1) is 0 Å². The lowest BCUT2D eigenvalue weighted by atomic mass is 9.71. The average molecular weight is 309 g/mol. The molecular weight excluding hydrogens is 284 g/mol. The minimum atomic E-state index is 0.0313. The Morgan fingerprint density at radius 1 is 1.24 bits per heavy atom. The molecule has 2 N–H and O–H groups in total. The Labute approximate surface area is 132 Å². The highest BCUT2D eigenvalue weighted by molar-refractivity contribution is 6.30. The van der Waals surface area contributed by atoms with Gasteiger partial charge in [-0.25, -0.2) is 0 Å². The summed E-state index contributed by atoms with van der Waals surface area (Å²) >= 11 is 5.88. The molecule has 4 heteroatoms. The van der Waals surface area contributed by atoms with Gasteiger partial charge in [-0.1, -0.05) is 43.0 Å². The van der Waals surface area contributed by atoms with Gasteiger partial charge in [-0.2, -0.15) is 0 Å². The summed E-state index contributed by atoms with van der Waals surface area (Å²) in [5.74, 6) is 0.192. The molecule has 0 heterocycles. The first-order chi connectivity index (χ1) is 10.0. The fraction of sp³-hybridized carbons (Fsp3) is 0.588. The Bertz CT molecular complexity index is 466. The summed E-state index contributed by atoms with van der Waals surface area (Å²) in [6, 6.07) is 7.65. The van der Waals surface area contributed by atoms with E-state index in [1.807, 2.05) is 31.3 Å². The van der Waals surface area contributed by atoms with Crippen LogP contribution in [0.3, 0.4) is 0 Å². The molecule has 0 unspecified atom stereocenters. The maximum absolute atomic E-state index is 12.5. The van der Waals surface area contributed by atoms with Gasteiger partial charge in [-0.05, 0) is 42.5 Å². The van der Waals surface area contributed by atoms with E-state index in [9.17, 15) is 4.79 Å². The first kappa shape index (κ1) is 16.3. The zero-order valence-electron chi connectivity index (χ0n) is 12.8. The molecule has 0 bridgehead atoms. The number of benzene rings is 1.